The zero-order valence-electron chi connectivity index (χ0n) is 13.5. The van der Waals surface area contributed by atoms with Gasteiger partial charge in [0.1, 0.15) is 11.4 Å². The Balaban J connectivity index is 1.81. The molecule has 0 aliphatic carbocycles. The van der Waals surface area contributed by atoms with E-state index in [0.29, 0.717) is 5.69 Å². The molecule has 0 aromatic heterocycles. The summed E-state index contributed by atoms with van der Waals surface area (Å²) < 4.78 is 0. The fourth-order valence-electron chi connectivity index (χ4n) is 2.72. The summed E-state index contributed by atoms with van der Waals surface area (Å²) in [6, 6.07) is 27.2. The highest BCUT2D eigenvalue weighted by atomic mass is 16.3. The van der Waals surface area contributed by atoms with E-state index in [9.17, 15) is 5.11 Å². The zero-order valence-corrected chi connectivity index (χ0v) is 13.5. The number of nitrogens with one attached hydrogen (secondary N) is 1. The molecule has 4 rings (SSSR count). The van der Waals surface area contributed by atoms with Crippen molar-refractivity contribution in [3.05, 3.63) is 102 Å². The first-order valence-electron chi connectivity index (χ1n) is 8.07. The number of anilines is 1. The minimum absolute atomic E-state index is 0.167. The SMILES string of the molecule is Oc1ccccc1N1N=C(c2ccccc2)C=C(c2ccccc2)N1. The first-order valence-corrected chi connectivity index (χ1v) is 8.07. The van der Waals surface area contributed by atoms with Gasteiger partial charge in [0.15, 0.2) is 0 Å². The first kappa shape index (κ1) is 15.0. The van der Waals surface area contributed by atoms with Crippen LogP contribution in [0.15, 0.2) is 96.1 Å². The van der Waals surface area contributed by atoms with Gasteiger partial charge in [-0.1, -0.05) is 72.8 Å². The molecule has 1 aliphatic rings. The van der Waals surface area contributed by atoms with Gasteiger partial charge in [0.2, 0.25) is 0 Å². The van der Waals surface area contributed by atoms with E-state index in [1.807, 2.05) is 78.9 Å². The maximum atomic E-state index is 10.2. The summed E-state index contributed by atoms with van der Waals surface area (Å²) in [5.41, 5.74) is 7.66. The highest BCUT2D eigenvalue weighted by Gasteiger charge is 2.18. The van der Waals surface area contributed by atoms with E-state index >= 15 is 0 Å². The number of hydrazone groups is 1. The predicted octanol–water partition coefficient (Wildman–Crippen LogP) is 4.16. The minimum Gasteiger partial charge on any atom is -0.506 e. The van der Waals surface area contributed by atoms with Crippen molar-refractivity contribution < 1.29 is 5.11 Å². The van der Waals surface area contributed by atoms with Crippen LogP contribution in [0.5, 0.6) is 5.75 Å². The molecule has 0 bridgehead atoms. The van der Waals surface area contributed by atoms with Gasteiger partial charge < -0.3 is 5.11 Å². The fourth-order valence-corrected chi connectivity index (χ4v) is 2.72. The fraction of sp³-hybridized carbons (Fsp3) is 0. The molecule has 0 saturated heterocycles. The van der Waals surface area contributed by atoms with E-state index in [1.165, 1.54) is 0 Å². The van der Waals surface area contributed by atoms with Crippen molar-refractivity contribution in [2.24, 2.45) is 5.10 Å². The van der Waals surface area contributed by atoms with Gasteiger partial charge in [0.25, 0.3) is 0 Å². The van der Waals surface area contributed by atoms with E-state index in [2.05, 4.69) is 10.5 Å². The number of allylic oxidation sites excluding steroid dienone is 1. The van der Waals surface area contributed by atoms with Crippen molar-refractivity contribution in [2.45, 2.75) is 0 Å². The minimum atomic E-state index is 0.167. The molecule has 25 heavy (non-hydrogen) atoms. The summed E-state index contributed by atoms with van der Waals surface area (Å²) in [4.78, 5) is 0. The molecule has 4 heteroatoms. The Morgan fingerprint density at radius 1 is 0.720 bits per heavy atom. The molecule has 0 fully saturated rings. The Labute approximate surface area is 146 Å². The van der Waals surface area contributed by atoms with Crippen LogP contribution in [0.25, 0.3) is 5.70 Å². The highest BCUT2D eigenvalue weighted by molar-refractivity contribution is 6.13. The van der Waals surface area contributed by atoms with Crippen LogP contribution in [-0.4, -0.2) is 10.8 Å². The maximum absolute atomic E-state index is 10.2. The van der Waals surface area contributed by atoms with Gasteiger partial charge >= 0.3 is 0 Å². The third-order valence-electron chi connectivity index (χ3n) is 3.98. The molecule has 3 aromatic rings. The molecule has 1 heterocycles. The average molecular weight is 327 g/mol. The lowest BCUT2D eigenvalue weighted by atomic mass is 10.1. The first-order chi connectivity index (χ1) is 12.3. The number of benzene rings is 3. The molecule has 3 aromatic carbocycles. The third-order valence-corrected chi connectivity index (χ3v) is 3.98. The van der Waals surface area contributed by atoms with Gasteiger partial charge in [-0.3, -0.25) is 5.43 Å². The lowest BCUT2D eigenvalue weighted by Gasteiger charge is -2.28. The number of phenolic OH excluding ortho intramolecular Hbond substituents is 1. The molecular formula is C21H17N3O. The van der Waals surface area contributed by atoms with Crippen molar-refractivity contribution in [3.8, 4) is 5.75 Å². The molecule has 0 spiro atoms. The Kier molecular flexibility index (Phi) is 3.92. The van der Waals surface area contributed by atoms with Gasteiger partial charge in [-0.25, -0.2) is 0 Å². The van der Waals surface area contributed by atoms with Gasteiger partial charge in [-0.05, 0) is 23.8 Å². The average Bonchev–Trinajstić information content (AvgIpc) is 2.69. The van der Waals surface area contributed by atoms with E-state index in [4.69, 9.17) is 0 Å². The van der Waals surface area contributed by atoms with Crippen LogP contribution < -0.4 is 10.5 Å². The Morgan fingerprint density at radius 2 is 1.32 bits per heavy atom. The summed E-state index contributed by atoms with van der Waals surface area (Å²) in [6.45, 7) is 0. The quantitative estimate of drug-likeness (QED) is 0.759. The van der Waals surface area contributed by atoms with Crippen LogP contribution in [-0.2, 0) is 0 Å². The van der Waals surface area contributed by atoms with E-state index in [0.717, 1.165) is 22.5 Å². The van der Waals surface area contributed by atoms with Gasteiger partial charge in [-0.15, -0.1) is 0 Å². The van der Waals surface area contributed by atoms with Crippen LogP contribution in [0.4, 0.5) is 5.69 Å². The number of hydrogen-bond donors (Lipinski definition) is 2. The number of aromatic hydroxyl groups is 1. The summed E-state index contributed by atoms with van der Waals surface area (Å²) in [6.07, 6.45) is 2.02. The lowest BCUT2D eigenvalue weighted by Crippen LogP contribution is -2.36. The molecular weight excluding hydrogens is 310 g/mol. The number of para-hydroxylation sites is 2. The van der Waals surface area contributed by atoms with Gasteiger partial charge in [0.05, 0.1) is 11.4 Å². The summed E-state index contributed by atoms with van der Waals surface area (Å²) >= 11 is 0. The van der Waals surface area contributed by atoms with Crippen LogP contribution in [0.2, 0.25) is 0 Å². The monoisotopic (exact) mass is 327 g/mol. The predicted molar refractivity (Wildman–Crippen MR) is 101 cm³/mol. The number of nitrogens with zero attached hydrogens (tertiary/aromatic N) is 2. The van der Waals surface area contributed by atoms with Gasteiger partial charge in [-0.2, -0.15) is 10.2 Å². The molecule has 0 unspecified atom stereocenters. The second-order valence-electron chi connectivity index (χ2n) is 5.69. The standard InChI is InChI=1S/C21H17N3O/c25-21-14-8-7-13-20(21)24-22-18(16-9-3-1-4-10-16)15-19(23-24)17-11-5-2-6-12-17/h1-15,22,25H. The van der Waals surface area contributed by atoms with E-state index < -0.39 is 0 Å². The third kappa shape index (κ3) is 3.10. The molecule has 0 amide bonds. The summed E-state index contributed by atoms with van der Waals surface area (Å²) in [7, 11) is 0. The smallest absolute Gasteiger partial charge is 0.143 e. The normalized spacial score (nSPS) is 13.7. The second kappa shape index (κ2) is 6.53. The Bertz CT molecular complexity index is 934. The van der Waals surface area contributed by atoms with Crippen molar-refractivity contribution >= 4 is 17.1 Å². The number of phenols is 1. The van der Waals surface area contributed by atoms with Crippen molar-refractivity contribution in [2.75, 3.05) is 5.12 Å². The zero-order chi connectivity index (χ0) is 17.1. The van der Waals surface area contributed by atoms with Crippen LogP contribution in [0.3, 0.4) is 0 Å². The van der Waals surface area contributed by atoms with E-state index in [-0.39, 0.29) is 5.75 Å². The second-order valence-corrected chi connectivity index (χ2v) is 5.69. The molecule has 1 aliphatic heterocycles. The van der Waals surface area contributed by atoms with E-state index in [1.54, 1.807) is 17.3 Å². The van der Waals surface area contributed by atoms with Crippen LogP contribution in [0.1, 0.15) is 11.1 Å². The molecule has 0 saturated carbocycles. The summed E-state index contributed by atoms with van der Waals surface area (Å²) in [5, 5.41) is 16.5. The molecule has 0 radical (unpaired) electrons. The molecule has 4 nitrogen and oxygen atoms in total. The Morgan fingerprint density at radius 3 is 2.00 bits per heavy atom. The number of rotatable bonds is 3. The summed E-state index contributed by atoms with van der Waals surface area (Å²) in [5.74, 6) is 0.167. The van der Waals surface area contributed by atoms with Gasteiger partial charge in [0, 0.05) is 5.56 Å². The maximum Gasteiger partial charge on any atom is 0.143 e. The largest absolute Gasteiger partial charge is 0.506 e. The van der Waals surface area contributed by atoms with Crippen molar-refractivity contribution in [1.82, 2.24) is 5.43 Å². The number of hydrogen-bond acceptors (Lipinski definition) is 4. The van der Waals surface area contributed by atoms with Crippen molar-refractivity contribution in [1.29, 1.82) is 0 Å². The molecule has 2 N–H and O–H groups in total. The van der Waals surface area contributed by atoms with Crippen LogP contribution >= 0.6 is 0 Å². The lowest BCUT2D eigenvalue weighted by molar-refractivity contribution is 0.473. The molecule has 0 atom stereocenters. The van der Waals surface area contributed by atoms with Crippen molar-refractivity contribution in [3.63, 3.8) is 0 Å². The highest BCUT2D eigenvalue weighted by Crippen LogP contribution is 2.29. The Hall–Kier alpha value is -3.53. The number of hydrazine groups is 1. The van der Waals surface area contributed by atoms with Crippen LogP contribution in [0, 0.1) is 0 Å². The topological polar surface area (TPSA) is 47.9 Å². The molecule has 122 valence electrons.